The Hall–Kier alpha value is -1.51. The van der Waals surface area contributed by atoms with Gasteiger partial charge in [-0.3, -0.25) is 0 Å². The first-order valence-corrected chi connectivity index (χ1v) is 6.40. The lowest BCUT2D eigenvalue weighted by Gasteiger charge is -2.33. The molecule has 2 amide bonds. The average Bonchev–Trinajstić information content (AvgIpc) is 2.94. The van der Waals surface area contributed by atoms with Crippen LogP contribution in [0.15, 0.2) is 30.3 Å². The van der Waals surface area contributed by atoms with Gasteiger partial charge < -0.3 is 10.2 Å². The van der Waals surface area contributed by atoms with Gasteiger partial charge in [-0.15, -0.1) is 0 Å². The second-order valence-corrected chi connectivity index (χ2v) is 5.16. The molecule has 1 saturated heterocycles. The van der Waals surface area contributed by atoms with Gasteiger partial charge in [0.1, 0.15) is 0 Å². The van der Waals surface area contributed by atoms with Gasteiger partial charge in [0.2, 0.25) is 0 Å². The van der Waals surface area contributed by atoms with Gasteiger partial charge in [-0.25, -0.2) is 4.79 Å². The fourth-order valence-corrected chi connectivity index (χ4v) is 3.13. The smallest absolute Gasteiger partial charge is 0.318 e. The number of rotatable bonds is 2. The van der Waals surface area contributed by atoms with Gasteiger partial charge in [0.15, 0.2) is 0 Å². The molecule has 0 bridgehead atoms. The Kier molecular flexibility index (Phi) is 2.54. The summed E-state index contributed by atoms with van der Waals surface area (Å²) in [7, 11) is 0. The predicted octanol–water partition coefficient (Wildman–Crippen LogP) is 2.52. The van der Waals surface area contributed by atoms with Crippen LogP contribution in [-0.2, 0) is 6.54 Å². The van der Waals surface area contributed by atoms with Gasteiger partial charge in [0.05, 0.1) is 5.54 Å². The van der Waals surface area contributed by atoms with E-state index in [1.54, 1.807) is 0 Å². The SMILES string of the molecule is O=C1NCC2(CCCC2)N1Cc1ccccc1. The van der Waals surface area contributed by atoms with Gasteiger partial charge >= 0.3 is 6.03 Å². The maximum atomic E-state index is 12.0. The lowest BCUT2D eigenvalue weighted by Crippen LogP contribution is -2.44. The van der Waals surface area contributed by atoms with Crippen LogP contribution >= 0.6 is 0 Å². The van der Waals surface area contributed by atoms with E-state index in [-0.39, 0.29) is 11.6 Å². The van der Waals surface area contributed by atoms with E-state index < -0.39 is 0 Å². The molecule has 1 N–H and O–H groups in total. The van der Waals surface area contributed by atoms with Crippen molar-refractivity contribution < 1.29 is 4.79 Å². The fourth-order valence-electron chi connectivity index (χ4n) is 3.13. The van der Waals surface area contributed by atoms with Gasteiger partial charge in [-0.1, -0.05) is 43.2 Å². The van der Waals surface area contributed by atoms with E-state index >= 15 is 0 Å². The summed E-state index contributed by atoms with van der Waals surface area (Å²) in [5, 5.41) is 3.01. The van der Waals surface area contributed by atoms with Gasteiger partial charge in [-0.2, -0.15) is 0 Å². The van der Waals surface area contributed by atoms with Crippen LogP contribution in [0.5, 0.6) is 0 Å². The number of hydrogen-bond acceptors (Lipinski definition) is 1. The number of hydrogen-bond donors (Lipinski definition) is 1. The number of carbonyl (C=O) groups is 1. The zero-order chi connectivity index (χ0) is 11.7. The number of urea groups is 1. The minimum Gasteiger partial charge on any atom is -0.336 e. The van der Waals surface area contributed by atoms with Crippen molar-refractivity contribution in [1.29, 1.82) is 0 Å². The molecular formula is C14H18N2O. The molecule has 0 aromatic heterocycles. The van der Waals surface area contributed by atoms with E-state index in [1.165, 1.54) is 18.4 Å². The van der Waals surface area contributed by atoms with Gasteiger partial charge in [0, 0.05) is 13.1 Å². The monoisotopic (exact) mass is 230 g/mol. The minimum absolute atomic E-state index is 0.104. The van der Waals surface area contributed by atoms with E-state index in [1.807, 2.05) is 18.2 Å². The van der Waals surface area contributed by atoms with E-state index in [0.29, 0.717) is 0 Å². The quantitative estimate of drug-likeness (QED) is 0.832. The Morgan fingerprint density at radius 1 is 1.18 bits per heavy atom. The average molecular weight is 230 g/mol. The van der Waals surface area contributed by atoms with Crippen LogP contribution in [0.1, 0.15) is 31.2 Å². The van der Waals surface area contributed by atoms with Gasteiger partial charge in [-0.05, 0) is 18.4 Å². The van der Waals surface area contributed by atoms with E-state index in [9.17, 15) is 4.79 Å². The molecule has 1 aromatic rings. The molecule has 3 heteroatoms. The van der Waals surface area contributed by atoms with Crippen LogP contribution in [0.3, 0.4) is 0 Å². The summed E-state index contributed by atoms with van der Waals surface area (Å²) < 4.78 is 0. The standard InChI is InChI=1S/C14H18N2O/c17-13-15-11-14(8-4-5-9-14)16(13)10-12-6-2-1-3-7-12/h1-3,6-7H,4-5,8-11H2,(H,15,17). The molecule has 0 atom stereocenters. The topological polar surface area (TPSA) is 32.3 Å². The number of nitrogens with zero attached hydrogens (tertiary/aromatic N) is 1. The summed E-state index contributed by atoms with van der Waals surface area (Å²) in [5.41, 5.74) is 1.32. The van der Waals surface area contributed by atoms with Crippen LogP contribution in [0.25, 0.3) is 0 Å². The third kappa shape index (κ3) is 1.79. The highest BCUT2D eigenvalue weighted by atomic mass is 16.2. The van der Waals surface area contributed by atoms with E-state index in [2.05, 4.69) is 22.3 Å². The molecule has 3 rings (SSSR count). The highest BCUT2D eigenvalue weighted by Crippen LogP contribution is 2.38. The third-order valence-corrected chi connectivity index (χ3v) is 4.10. The first-order chi connectivity index (χ1) is 8.30. The molecule has 3 nitrogen and oxygen atoms in total. The highest BCUT2D eigenvalue weighted by molar-refractivity contribution is 5.78. The van der Waals surface area contributed by atoms with Crippen molar-refractivity contribution in [2.75, 3.05) is 6.54 Å². The molecule has 90 valence electrons. The lowest BCUT2D eigenvalue weighted by atomic mass is 9.96. The van der Waals surface area contributed by atoms with Gasteiger partial charge in [0.25, 0.3) is 0 Å². The van der Waals surface area contributed by atoms with Crippen molar-refractivity contribution in [3.63, 3.8) is 0 Å². The summed E-state index contributed by atoms with van der Waals surface area (Å²) in [6.45, 7) is 1.57. The zero-order valence-electron chi connectivity index (χ0n) is 9.98. The number of benzene rings is 1. The molecule has 1 aromatic carbocycles. The molecule has 1 aliphatic heterocycles. The van der Waals surface area contributed by atoms with Crippen molar-refractivity contribution in [3.05, 3.63) is 35.9 Å². The fraction of sp³-hybridized carbons (Fsp3) is 0.500. The maximum Gasteiger partial charge on any atom is 0.318 e. The maximum absolute atomic E-state index is 12.0. The molecule has 1 spiro atoms. The first-order valence-electron chi connectivity index (χ1n) is 6.40. The first kappa shape index (κ1) is 10.6. The molecule has 1 aliphatic carbocycles. The molecule has 0 unspecified atom stereocenters. The van der Waals surface area contributed by atoms with Crippen molar-refractivity contribution in [2.24, 2.45) is 0 Å². The van der Waals surface area contributed by atoms with Crippen molar-refractivity contribution in [1.82, 2.24) is 10.2 Å². The summed E-state index contributed by atoms with van der Waals surface area (Å²) in [6.07, 6.45) is 4.80. The summed E-state index contributed by atoms with van der Waals surface area (Å²) >= 11 is 0. The second kappa shape index (κ2) is 4.06. The van der Waals surface area contributed by atoms with E-state index in [0.717, 1.165) is 25.9 Å². The van der Waals surface area contributed by atoms with Crippen LogP contribution < -0.4 is 5.32 Å². The summed E-state index contributed by atoms with van der Waals surface area (Å²) in [5.74, 6) is 0. The highest BCUT2D eigenvalue weighted by Gasteiger charge is 2.46. The Bertz CT molecular complexity index is 409. The van der Waals surface area contributed by atoms with Crippen molar-refractivity contribution in [2.45, 2.75) is 37.8 Å². The van der Waals surface area contributed by atoms with Crippen LogP contribution in [0.4, 0.5) is 4.79 Å². The third-order valence-electron chi connectivity index (χ3n) is 4.10. The number of carbonyl (C=O) groups excluding carboxylic acids is 1. The molecular weight excluding hydrogens is 212 g/mol. The van der Waals surface area contributed by atoms with Crippen LogP contribution in [0, 0.1) is 0 Å². The Morgan fingerprint density at radius 3 is 2.59 bits per heavy atom. The minimum atomic E-state index is 0.104. The molecule has 2 fully saturated rings. The predicted molar refractivity (Wildman–Crippen MR) is 66.6 cm³/mol. The van der Waals surface area contributed by atoms with Crippen molar-refractivity contribution >= 4 is 6.03 Å². The Labute approximate surface area is 102 Å². The Morgan fingerprint density at radius 2 is 1.88 bits per heavy atom. The van der Waals surface area contributed by atoms with Crippen molar-refractivity contribution in [3.8, 4) is 0 Å². The molecule has 1 saturated carbocycles. The molecule has 2 aliphatic rings. The zero-order valence-corrected chi connectivity index (χ0v) is 9.98. The molecule has 1 heterocycles. The number of amides is 2. The molecule has 0 radical (unpaired) electrons. The number of nitrogens with one attached hydrogen (secondary N) is 1. The molecule has 17 heavy (non-hydrogen) atoms. The summed E-state index contributed by atoms with van der Waals surface area (Å²) in [4.78, 5) is 14.0. The lowest BCUT2D eigenvalue weighted by molar-refractivity contribution is 0.153. The van der Waals surface area contributed by atoms with Crippen LogP contribution in [0.2, 0.25) is 0 Å². The van der Waals surface area contributed by atoms with Crippen LogP contribution in [-0.4, -0.2) is 23.0 Å². The Balaban J connectivity index is 1.82. The second-order valence-electron chi connectivity index (χ2n) is 5.16. The largest absolute Gasteiger partial charge is 0.336 e. The van der Waals surface area contributed by atoms with E-state index in [4.69, 9.17) is 0 Å². The normalized spacial score (nSPS) is 22.1. The summed E-state index contributed by atoms with van der Waals surface area (Å²) in [6, 6.07) is 10.4.